The second-order valence-corrected chi connectivity index (χ2v) is 4.88. The lowest BCUT2D eigenvalue weighted by Crippen LogP contribution is -2.26. The van der Waals surface area contributed by atoms with E-state index in [1.165, 1.54) is 5.56 Å². The molecule has 0 saturated carbocycles. The first-order valence-electron chi connectivity index (χ1n) is 5.83. The predicted octanol–water partition coefficient (Wildman–Crippen LogP) is 4.29. The van der Waals surface area contributed by atoms with Gasteiger partial charge in [0.2, 0.25) is 0 Å². The van der Waals surface area contributed by atoms with Crippen LogP contribution in [0.25, 0.3) is 0 Å². The summed E-state index contributed by atoms with van der Waals surface area (Å²) in [5, 5.41) is 0. The number of ether oxygens (including phenoxy) is 1. The lowest BCUT2D eigenvalue weighted by atomic mass is 10.0. The summed E-state index contributed by atoms with van der Waals surface area (Å²) in [6.07, 6.45) is 1.20. The molecule has 0 aliphatic carbocycles. The number of aryl methyl sites for hydroxylation is 1. The van der Waals surface area contributed by atoms with Gasteiger partial charge in [0.05, 0.1) is 0 Å². The summed E-state index contributed by atoms with van der Waals surface area (Å²) in [6.45, 7) is 7.23. The van der Waals surface area contributed by atoms with Gasteiger partial charge in [0, 0.05) is 6.42 Å². The molecule has 90 valence electrons. The van der Waals surface area contributed by atoms with Crippen LogP contribution in [0.15, 0.2) is 24.3 Å². The SMILES string of the molecule is CCC(CC(C)(C)F)Oc1ccc(C)cc1. The maximum Gasteiger partial charge on any atom is 0.119 e. The van der Waals surface area contributed by atoms with Crippen molar-refractivity contribution in [3.8, 4) is 5.75 Å². The van der Waals surface area contributed by atoms with Crippen molar-refractivity contribution >= 4 is 0 Å². The lowest BCUT2D eigenvalue weighted by molar-refractivity contribution is 0.0994. The highest BCUT2D eigenvalue weighted by atomic mass is 19.1. The van der Waals surface area contributed by atoms with Crippen molar-refractivity contribution in [2.45, 2.75) is 52.3 Å². The molecule has 0 aromatic heterocycles. The van der Waals surface area contributed by atoms with Crippen LogP contribution in [-0.2, 0) is 0 Å². The topological polar surface area (TPSA) is 9.23 Å². The van der Waals surface area contributed by atoms with E-state index in [0.717, 1.165) is 12.2 Å². The van der Waals surface area contributed by atoms with Crippen LogP contribution < -0.4 is 4.74 Å². The minimum absolute atomic E-state index is 0.0530. The quantitative estimate of drug-likeness (QED) is 0.725. The van der Waals surface area contributed by atoms with Crippen LogP contribution in [0.3, 0.4) is 0 Å². The fraction of sp³-hybridized carbons (Fsp3) is 0.571. The zero-order valence-electron chi connectivity index (χ0n) is 10.6. The first kappa shape index (κ1) is 13.0. The van der Waals surface area contributed by atoms with E-state index in [1.807, 2.05) is 38.1 Å². The number of hydrogen-bond donors (Lipinski definition) is 0. The fourth-order valence-electron chi connectivity index (χ4n) is 1.62. The Morgan fingerprint density at radius 1 is 1.25 bits per heavy atom. The largest absolute Gasteiger partial charge is 0.490 e. The Balaban J connectivity index is 2.60. The highest BCUT2D eigenvalue weighted by Crippen LogP contribution is 2.22. The highest BCUT2D eigenvalue weighted by Gasteiger charge is 2.22. The molecule has 0 N–H and O–H groups in total. The minimum Gasteiger partial charge on any atom is -0.490 e. The maximum atomic E-state index is 13.5. The van der Waals surface area contributed by atoms with Gasteiger partial charge in [0.25, 0.3) is 0 Å². The van der Waals surface area contributed by atoms with E-state index in [0.29, 0.717) is 6.42 Å². The first-order valence-corrected chi connectivity index (χ1v) is 5.83. The Hall–Kier alpha value is -1.05. The molecule has 2 heteroatoms. The second-order valence-electron chi connectivity index (χ2n) is 4.88. The average molecular weight is 224 g/mol. The van der Waals surface area contributed by atoms with Gasteiger partial charge in [-0.25, -0.2) is 4.39 Å². The first-order chi connectivity index (χ1) is 7.40. The van der Waals surface area contributed by atoms with Crippen molar-refractivity contribution in [2.75, 3.05) is 0 Å². The standard InChI is InChI=1S/C14H21FO/c1-5-12(10-14(3,4)15)16-13-8-6-11(2)7-9-13/h6-9,12H,5,10H2,1-4H3. The fourth-order valence-corrected chi connectivity index (χ4v) is 1.62. The van der Waals surface area contributed by atoms with Crippen molar-refractivity contribution in [3.63, 3.8) is 0 Å². The molecule has 0 heterocycles. The number of benzene rings is 1. The van der Waals surface area contributed by atoms with Gasteiger partial charge in [-0.05, 0) is 39.3 Å². The zero-order chi connectivity index (χ0) is 12.2. The van der Waals surface area contributed by atoms with Crippen molar-refractivity contribution in [1.29, 1.82) is 0 Å². The molecule has 0 aliphatic rings. The third-order valence-corrected chi connectivity index (χ3v) is 2.49. The van der Waals surface area contributed by atoms with Crippen molar-refractivity contribution in [3.05, 3.63) is 29.8 Å². The third-order valence-electron chi connectivity index (χ3n) is 2.49. The highest BCUT2D eigenvalue weighted by molar-refractivity contribution is 5.26. The minimum atomic E-state index is -1.18. The van der Waals surface area contributed by atoms with E-state index in [9.17, 15) is 4.39 Å². The maximum absolute atomic E-state index is 13.5. The average Bonchev–Trinajstić information content (AvgIpc) is 2.18. The molecule has 0 bridgehead atoms. The van der Waals surface area contributed by atoms with Crippen molar-refractivity contribution in [1.82, 2.24) is 0 Å². The van der Waals surface area contributed by atoms with Crippen LogP contribution in [0.1, 0.15) is 39.2 Å². The molecule has 1 aromatic carbocycles. The van der Waals surface area contributed by atoms with E-state index in [-0.39, 0.29) is 6.10 Å². The summed E-state index contributed by atoms with van der Waals surface area (Å²) < 4.78 is 19.3. The smallest absolute Gasteiger partial charge is 0.119 e. The molecule has 16 heavy (non-hydrogen) atoms. The molecule has 0 radical (unpaired) electrons. The van der Waals surface area contributed by atoms with Gasteiger partial charge in [-0.3, -0.25) is 0 Å². The molecule has 1 nitrogen and oxygen atoms in total. The molecule has 0 saturated heterocycles. The van der Waals surface area contributed by atoms with E-state index >= 15 is 0 Å². The molecule has 1 atom stereocenters. The number of rotatable bonds is 5. The molecular formula is C14H21FO. The molecule has 1 rings (SSSR count). The summed E-state index contributed by atoms with van der Waals surface area (Å²) in [5.74, 6) is 0.821. The zero-order valence-corrected chi connectivity index (χ0v) is 10.6. The van der Waals surface area contributed by atoms with Crippen LogP contribution in [-0.4, -0.2) is 11.8 Å². The number of alkyl halides is 1. The normalized spacial score (nSPS) is 13.6. The van der Waals surface area contributed by atoms with Crippen LogP contribution in [0.2, 0.25) is 0 Å². The lowest BCUT2D eigenvalue weighted by Gasteiger charge is -2.23. The Morgan fingerprint density at radius 3 is 2.25 bits per heavy atom. The van der Waals surface area contributed by atoms with Crippen LogP contribution in [0.4, 0.5) is 4.39 Å². The van der Waals surface area contributed by atoms with E-state index in [2.05, 4.69) is 0 Å². The molecule has 1 unspecified atom stereocenters. The van der Waals surface area contributed by atoms with Crippen molar-refractivity contribution < 1.29 is 9.13 Å². The third kappa shape index (κ3) is 4.65. The number of halogens is 1. The summed E-state index contributed by atoms with van der Waals surface area (Å²) in [7, 11) is 0. The Labute approximate surface area is 97.6 Å². The van der Waals surface area contributed by atoms with Gasteiger partial charge in [-0.1, -0.05) is 24.6 Å². The van der Waals surface area contributed by atoms with Crippen molar-refractivity contribution in [2.24, 2.45) is 0 Å². The Morgan fingerprint density at radius 2 is 1.81 bits per heavy atom. The van der Waals surface area contributed by atoms with Crippen LogP contribution in [0, 0.1) is 6.92 Å². The molecule has 0 spiro atoms. The van der Waals surface area contributed by atoms with Gasteiger partial charge >= 0.3 is 0 Å². The monoisotopic (exact) mass is 224 g/mol. The molecule has 0 amide bonds. The van der Waals surface area contributed by atoms with Gasteiger partial charge in [0.15, 0.2) is 0 Å². The summed E-state index contributed by atoms with van der Waals surface area (Å²) >= 11 is 0. The summed E-state index contributed by atoms with van der Waals surface area (Å²) in [5.41, 5.74) is 0.0250. The molecular weight excluding hydrogens is 203 g/mol. The predicted molar refractivity (Wildman–Crippen MR) is 65.7 cm³/mol. The van der Waals surface area contributed by atoms with Gasteiger partial charge in [-0.15, -0.1) is 0 Å². The van der Waals surface area contributed by atoms with Crippen LogP contribution in [0.5, 0.6) is 5.75 Å². The summed E-state index contributed by atoms with van der Waals surface area (Å²) in [4.78, 5) is 0. The van der Waals surface area contributed by atoms with Gasteiger partial charge in [-0.2, -0.15) is 0 Å². The Bertz CT molecular complexity index is 311. The number of hydrogen-bond acceptors (Lipinski definition) is 1. The Kier molecular flexibility index (Phi) is 4.34. The molecule has 0 aliphatic heterocycles. The van der Waals surface area contributed by atoms with Gasteiger partial charge < -0.3 is 4.74 Å². The second kappa shape index (κ2) is 5.33. The molecule has 0 fully saturated rings. The van der Waals surface area contributed by atoms with E-state index < -0.39 is 5.67 Å². The van der Waals surface area contributed by atoms with Crippen LogP contribution >= 0.6 is 0 Å². The van der Waals surface area contributed by atoms with E-state index in [1.54, 1.807) is 13.8 Å². The summed E-state index contributed by atoms with van der Waals surface area (Å²) in [6, 6.07) is 7.87. The van der Waals surface area contributed by atoms with E-state index in [4.69, 9.17) is 4.74 Å². The van der Waals surface area contributed by atoms with Gasteiger partial charge in [0.1, 0.15) is 17.5 Å². The molecule has 1 aromatic rings.